The Morgan fingerprint density at radius 2 is 2.20 bits per heavy atom. The maximum atomic E-state index is 12.4. The fraction of sp³-hybridized carbons (Fsp3) is 0.375. The Hall–Kier alpha value is -1.94. The van der Waals surface area contributed by atoms with E-state index in [0.717, 1.165) is 23.7 Å². The molecule has 0 saturated heterocycles. The Kier molecular flexibility index (Phi) is 3.40. The van der Waals surface area contributed by atoms with E-state index in [4.69, 9.17) is 0 Å². The maximum Gasteiger partial charge on any atom is 0.253 e. The van der Waals surface area contributed by atoms with Crippen LogP contribution in [0.5, 0.6) is 0 Å². The number of rotatable bonds is 3. The molecule has 1 heterocycles. The summed E-state index contributed by atoms with van der Waals surface area (Å²) in [6, 6.07) is 9.42. The lowest BCUT2D eigenvalue weighted by Crippen LogP contribution is -2.39. The van der Waals surface area contributed by atoms with Gasteiger partial charge in [0.1, 0.15) is 0 Å². The van der Waals surface area contributed by atoms with Gasteiger partial charge in [0.2, 0.25) is 0 Å². The Balaban J connectivity index is 1.74. The zero-order valence-electron chi connectivity index (χ0n) is 11.5. The van der Waals surface area contributed by atoms with Crippen molar-refractivity contribution < 1.29 is 9.90 Å². The van der Waals surface area contributed by atoms with Crippen LogP contribution in [0.1, 0.15) is 23.2 Å². The first kappa shape index (κ1) is 13.1. The largest absolute Gasteiger partial charge is 0.393 e. The monoisotopic (exact) mass is 270 g/mol. The topological polar surface area (TPSA) is 53.4 Å². The van der Waals surface area contributed by atoms with Gasteiger partial charge < -0.3 is 10.0 Å². The van der Waals surface area contributed by atoms with Gasteiger partial charge >= 0.3 is 0 Å². The molecular weight excluding hydrogens is 252 g/mol. The number of fused-ring (bicyclic) bond motifs is 1. The summed E-state index contributed by atoms with van der Waals surface area (Å²) in [4.78, 5) is 18.4. The van der Waals surface area contributed by atoms with E-state index >= 15 is 0 Å². The molecule has 1 aliphatic carbocycles. The molecule has 104 valence electrons. The molecular formula is C16H18N2O2. The third-order valence-corrected chi connectivity index (χ3v) is 3.94. The first-order valence-corrected chi connectivity index (χ1v) is 6.92. The fourth-order valence-electron chi connectivity index (χ4n) is 2.75. The maximum absolute atomic E-state index is 12.4. The molecule has 0 atom stereocenters. The number of aromatic nitrogens is 1. The highest BCUT2D eigenvalue weighted by Gasteiger charge is 2.29. The highest BCUT2D eigenvalue weighted by atomic mass is 16.3. The van der Waals surface area contributed by atoms with Crippen molar-refractivity contribution >= 4 is 16.8 Å². The van der Waals surface area contributed by atoms with E-state index in [1.165, 1.54) is 0 Å². The summed E-state index contributed by atoms with van der Waals surface area (Å²) in [6.45, 7) is 0.709. The standard InChI is InChI=1S/C16H18N2O2/c1-18(10-11-7-14(19)8-11)16(20)13-4-5-15-12(9-13)3-2-6-17-15/h2-6,9,11,14,19H,7-8,10H2,1H3. The van der Waals surface area contributed by atoms with Gasteiger partial charge in [-0.15, -0.1) is 0 Å². The minimum Gasteiger partial charge on any atom is -0.393 e. The minimum atomic E-state index is -0.171. The molecule has 1 N–H and O–H groups in total. The molecule has 0 unspecified atom stereocenters. The first-order chi connectivity index (χ1) is 9.63. The number of aliphatic hydroxyl groups excluding tert-OH is 1. The molecule has 1 fully saturated rings. The Morgan fingerprint density at radius 1 is 1.40 bits per heavy atom. The van der Waals surface area contributed by atoms with Crippen LogP contribution in [0.3, 0.4) is 0 Å². The second kappa shape index (κ2) is 5.21. The van der Waals surface area contributed by atoms with Crippen molar-refractivity contribution in [1.82, 2.24) is 9.88 Å². The van der Waals surface area contributed by atoms with Gasteiger partial charge in [-0.05, 0) is 43.0 Å². The van der Waals surface area contributed by atoms with Gasteiger partial charge in [-0.25, -0.2) is 0 Å². The van der Waals surface area contributed by atoms with Gasteiger partial charge in [0.05, 0.1) is 11.6 Å². The van der Waals surface area contributed by atoms with E-state index in [0.29, 0.717) is 18.0 Å². The smallest absolute Gasteiger partial charge is 0.253 e. The fourth-order valence-corrected chi connectivity index (χ4v) is 2.75. The van der Waals surface area contributed by atoms with Crippen LogP contribution < -0.4 is 0 Å². The summed E-state index contributed by atoms with van der Waals surface area (Å²) in [6.07, 6.45) is 3.19. The van der Waals surface area contributed by atoms with Gasteiger partial charge in [0.15, 0.2) is 0 Å². The summed E-state index contributed by atoms with van der Waals surface area (Å²) in [7, 11) is 1.82. The molecule has 0 bridgehead atoms. The number of hydrogen-bond donors (Lipinski definition) is 1. The molecule has 20 heavy (non-hydrogen) atoms. The number of pyridine rings is 1. The number of amides is 1. The molecule has 1 aromatic carbocycles. The number of carbonyl (C=O) groups excluding carboxylic acids is 1. The second-order valence-corrected chi connectivity index (χ2v) is 5.59. The summed E-state index contributed by atoms with van der Waals surface area (Å²) in [5.41, 5.74) is 1.58. The number of hydrogen-bond acceptors (Lipinski definition) is 3. The number of carbonyl (C=O) groups is 1. The van der Waals surface area contributed by atoms with Crippen molar-refractivity contribution in [2.24, 2.45) is 5.92 Å². The average Bonchev–Trinajstić information content (AvgIpc) is 2.44. The van der Waals surface area contributed by atoms with E-state index < -0.39 is 0 Å². The quantitative estimate of drug-likeness (QED) is 0.929. The third kappa shape index (κ3) is 2.51. The molecule has 4 heteroatoms. The lowest BCUT2D eigenvalue weighted by Gasteiger charge is -2.34. The van der Waals surface area contributed by atoms with Crippen LogP contribution in [-0.2, 0) is 0 Å². The molecule has 0 radical (unpaired) electrons. The zero-order chi connectivity index (χ0) is 14.1. The highest BCUT2D eigenvalue weighted by Crippen LogP contribution is 2.28. The van der Waals surface area contributed by atoms with Crippen LogP contribution in [0.2, 0.25) is 0 Å². The van der Waals surface area contributed by atoms with Gasteiger partial charge in [-0.3, -0.25) is 9.78 Å². The molecule has 0 spiro atoms. The van der Waals surface area contributed by atoms with Gasteiger partial charge in [0.25, 0.3) is 5.91 Å². The summed E-state index contributed by atoms with van der Waals surface area (Å²) in [5, 5.41) is 10.3. The SMILES string of the molecule is CN(CC1CC(O)C1)C(=O)c1ccc2ncccc2c1. The summed E-state index contributed by atoms with van der Waals surface area (Å²) >= 11 is 0. The predicted octanol–water partition coefficient (Wildman–Crippen LogP) is 2.08. The minimum absolute atomic E-state index is 0.0251. The number of nitrogens with zero attached hydrogens (tertiary/aromatic N) is 2. The molecule has 1 aliphatic rings. The van der Waals surface area contributed by atoms with Crippen molar-refractivity contribution in [1.29, 1.82) is 0 Å². The highest BCUT2D eigenvalue weighted by molar-refractivity contribution is 5.97. The first-order valence-electron chi connectivity index (χ1n) is 6.92. The van der Waals surface area contributed by atoms with E-state index in [1.54, 1.807) is 11.1 Å². The van der Waals surface area contributed by atoms with E-state index in [9.17, 15) is 9.90 Å². The van der Waals surface area contributed by atoms with Crippen LogP contribution in [0.25, 0.3) is 10.9 Å². The Morgan fingerprint density at radius 3 is 2.95 bits per heavy atom. The van der Waals surface area contributed by atoms with Crippen LogP contribution in [0, 0.1) is 5.92 Å². The average molecular weight is 270 g/mol. The van der Waals surface area contributed by atoms with E-state index in [-0.39, 0.29) is 12.0 Å². The Labute approximate surface area is 118 Å². The molecule has 2 aromatic rings. The molecule has 4 nitrogen and oxygen atoms in total. The molecule has 1 amide bonds. The Bertz CT molecular complexity index is 635. The van der Waals surface area contributed by atoms with Crippen LogP contribution >= 0.6 is 0 Å². The van der Waals surface area contributed by atoms with Crippen molar-refractivity contribution in [3.8, 4) is 0 Å². The molecule has 1 saturated carbocycles. The van der Waals surface area contributed by atoms with E-state index in [1.807, 2.05) is 37.4 Å². The number of benzene rings is 1. The van der Waals surface area contributed by atoms with Crippen molar-refractivity contribution in [3.63, 3.8) is 0 Å². The third-order valence-electron chi connectivity index (χ3n) is 3.94. The lowest BCUT2D eigenvalue weighted by atomic mass is 9.82. The molecule has 1 aromatic heterocycles. The van der Waals surface area contributed by atoms with Gasteiger partial charge in [0, 0.05) is 30.7 Å². The van der Waals surface area contributed by atoms with Crippen molar-refractivity contribution in [2.45, 2.75) is 18.9 Å². The summed E-state index contributed by atoms with van der Waals surface area (Å²) in [5.74, 6) is 0.457. The van der Waals surface area contributed by atoms with E-state index in [2.05, 4.69) is 4.98 Å². The zero-order valence-corrected chi connectivity index (χ0v) is 11.5. The van der Waals surface area contributed by atoms with Gasteiger partial charge in [-0.2, -0.15) is 0 Å². The van der Waals surface area contributed by atoms with Crippen LogP contribution in [-0.4, -0.2) is 40.6 Å². The summed E-state index contributed by atoms with van der Waals surface area (Å²) < 4.78 is 0. The van der Waals surface area contributed by atoms with Crippen molar-refractivity contribution in [2.75, 3.05) is 13.6 Å². The van der Waals surface area contributed by atoms with Crippen LogP contribution in [0.4, 0.5) is 0 Å². The van der Waals surface area contributed by atoms with Crippen LogP contribution in [0.15, 0.2) is 36.5 Å². The normalized spacial score (nSPS) is 21.5. The predicted molar refractivity (Wildman–Crippen MR) is 77.4 cm³/mol. The molecule has 3 rings (SSSR count). The van der Waals surface area contributed by atoms with Gasteiger partial charge in [-0.1, -0.05) is 6.07 Å². The lowest BCUT2D eigenvalue weighted by molar-refractivity contribution is 0.0265. The second-order valence-electron chi connectivity index (χ2n) is 5.59. The molecule has 0 aliphatic heterocycles. The number of aliphatic hydroxyl groups is 1. The van der Waals surface area contributed by atoms with Crippen molar-refractivity contribution in [3.05, 3.63) is 42.1 Å².